The van der Waals surface area contributed by atoms with Crippen molar-refractivity contribution in [3.63, 3.8) is 0 Å². The predicted molar refractivity (Wildman–Crippen MR) is 104 cm³/mol. The zero-order chi connectivity index (χ0) is 17.3. The molecule has 138 valence electrons. The van der Waals surface area contributed by atoms with Crippen LogP contribution in [0.15, 0.2) is 29.0 Å². The Balaban J connectivity index is 1.42. The fourth-order valence-electron chi connectivity index (χ4n) is 6.37. The first-order valence-corrected chi connectivity index (χ1v) is 10.8. The lowest BCUT2D eigenvalue weighted by molar-refractivity contribution is -0.0756. The van der Waals surface area contributed by atoms with Gasteiger partial charge in [0.15, 0.2) is 0 Å². The van der Waals surface area contributed by atoms with Gasteiger partial charge in [-0.25, -0.2) is 0 Å². The minimum absolute atomic E-state index is 0.166. The van der Waals surface area contributed by atoms with Gasteiger partial charge in [-0.3, -0.25) is 0 Å². The van der Waals surface area contributed by atoms with Crippen LogP contribution in [0.4, 0.5) is 0 Å². The van der Waals surface area contributed by atoms with Crippen molar-refractivity contribution in [3.05, 3.63) is 28.7 Å². The van der Waals surface area contributed by atoms with Crippen LogP contribution in [0.5, 0.6) is 0 Å². The Labute approximate surface area is 153 Å². The fraction of sp³-hybridized carbons (Fsp3) is 0.826. The molecule has 4 aliphatic rings. The molecular formula is C23H35NO. The van der Waals surface area contributed by atoms with E-state index in [2.05, 4.69) is 30.3 Å². The molecule has 2 saturated carbocycles. The molecule has 4 aliphatic carbocycles. The molecule has 0 N–H and O–H groups in total. The summed E-state index contributed by atoms with van der Waals surface area (Å²) in [4.78, 5) is 11.3. The van der Waals surface area contributed by atoms with Crippen LogP contribution in [0.3, 0.4) is 0 Å². The molecule has 0 heterocycles. The summed E-state index contributed by atoms with van der Waals surface area (Å²) < 4.78 is 0. The highest BCUT2D eigenvalue weighted by Crippen LogP contribution is 2.63. The van der Waals surface area contributed by atoms with Crippen molar-refractivity contribution in [2.45, 2.75) is 84.0 Å². The van der Waals surface area contributed by atoms with Crippen molar-refractivity contribution in [1.82, 2.24) is 0 Å². The Morgan fingerprint density at radius 3 is 2.60 bits per heavy atom. The molecule has 2 fully saturated rings. The number of nitroso groups, excluding NO2 is 1. The van der Waals surface area contributed by atoms with Gasteiger partial charge in [-0.05, 0) is 106 Å². The highest BCUT2D eigenvalue weighted by Gasteiger charge is 2.53. The quantitative estimate of drug-likeness (QED) is 0.334. The van der Waals surface area contributed by atoms with Crippen molar-refractivity contribution < 1.29 is 0 Å². The van der Waals surface area contributed by atoms with E-state index >= 15 is 0 Å². The number of hydrogen-bond acceptors (Lipinski definition) is 2. The number of allylic oxidation sites excluding steroid dienone is 4. The van der Waals surface area contributed by atoms with Gasteiger partial charge in [0.25, 0.3) is 0 Å². The summed E-state index contributed by atoms with van der Waals surface area (Å²) in [5, 5.41) is 3.43. The van der Waals surface area contributed by atoms with Crippen molar-refractivity contribution in [2.24, 2.45) is 33.8 Å². The molecule has 25 heavy (non-hydrogen) atoms. The third-order valence-corrected chi connectivity index (χ3v) is 8.39. The lowest BCUT2D eigenvalue weighted by Gasteiger charge is -2.58. The molecular weight excluding hydrogens is 306 g/mol. The van der Waals surface area contributed by atoms with Crippen molar-refractivity contribution in [1.29, 1.82) is 0 Å². The minimum atomic E-state index is 0.166. The average molecular weight is 342 g/mol. The zero-order valence-corrected chi connectivity index (χ0v) is 16.0. The first kappa shape index (κ1) is 17.5. The van der Waals surface area contributed by atoms with E-state index in [1.165, 1.54) is 70.6 Å². The molecule has 0 aromatic carbocycles. The summed E-state index contributed by atoms with van der Waals surface area (Å²) in [6, 6.07) is 0. The lowest BCUT2D eigenvalue weighted by atomic mass is 9.46. The molecule has 4 rings (SSSR count). The van der Waals surface area contributed by atoms with Crippen LogP contribution in [0.2, 0.25) is 0 Å². The fourth-order valence-corrected chi connectivity index (χ4v) is 6.37. The minimum Gasteiger partial charge on any atom is -0.151 e. The summed E-state index contributed by atoms with van der Waals surface area (Å²) in [7, 11) is 0. The summed E-state index contributed by atoms with van der Waals surface area (Å²) in [6.45, 7) is 2.84. The molecule has 0 aliphatic heterocycles. The molecule has 2 heteroatoms. The zero-order valence-electron chi connectivity index (χ0n) is 16.0. The monoisotopic (exact) mass is 341 g/mol. The van der Waals surface area contributed by atoms with Gasteiger partial charge in [-0.1, -0.05) is 35.9 Å². The highest BCUT2D eigenvalue weighted by molar-refractivity contribution is 5.14. The second kappa shape index (κ2) is 7.00. The van der Waals surface area contributed by atoms with E-state index in [-0.39, 0.29) is 5.41 Å². The van der Waals surface area contributed by atoms with Crippen LogP contribution in [0, 0.1) is 33.5 Å². The molecule has 0 spiro atoms. The number of hydrogen-bond donors (Lipinski definition) is 0. The second-order valence-electron chi connectivity index (χ2n) is 9.79. The first-order chi connectivity index (χ1) is 12.2. The molecule has 2 nitrogen and oxygen atoms in total. The smallest absolute Gasteiger partial charge is 0.0867 e. The Morgan fingerprint density at radius 1 is 1.32 bits per heavy atom. The maximum atomic E-state index is 11.3. The summed E-state index contributed by atoms with van der Waals surface area (Å²) in [5.41, 5.74) is 2.46. The van der Waals surface area contributed by atoms with E-state index in [4.69, 9.17) is 0 Å². The van der Waals surface area contributed by atoms with Crippen LogP contribution < -0.4 is 0 Å². The van der Waals surface area contributed by atoms with Gasteiger partial charge in [-0.15, -0.1) is 0 Å². The number of fused-ring (bicyclic) bond motifs is 1. The highest BCUT2D eigenvalue weighted by atomic mass is 16.3. The van der Waals surface area contributed by atoms with E-state index in [0.717, 1.165) is 18.3 Å². The third-order valence-electron chi connectivity index (χ3n) is 8.39. The summed E-state index contributed by atoms with van der Waals surface area (Å²) in [6.07, 6.45) is 23.1. The van der Waals surface area contributed by atoms with E-state index in [9.17, 15) is 4.91 Å². The molecule has 5 unspecified atom stereocenters. The third kappa shape index (κ3) is 3.38. The van der Waals surface area contributed by atoms with Gasteiger partial charge in [0, 0.05) is 0 Å². The van der Waals surface area contributed by atoms with Crippen molar-refractivity contribution in [3.8, 4) is 0 Å². The maximum Gasteiger partial charge on any atom is 0.0867 e. The van der Waals surface area contributed by atoms with E-state index < -0.39 is 0 Å². The Hall–Kier alpha value is -0.920. The molecule has 0 aromatic heterocycles. The van der Waals surface area contributed by atoms with Crippen LogP contribution in [-0.2, 0) is 0 Å². The van der Waals surface area contributed by atoms with Crippen LogP contribution in [-0.4, -0.2) is 6.54 Å². The Kier molecular flexibility index (Phi) is 4.90. The van der Waals surface area contributed by atoms with Crippen molar-refractivity contribution >= 4 is 0 Å². The number of rotatable bonds is 9. The Morgan fingerprint density at radius 2 is 2.12 bits per heavy atom. The molecule has 0 bridgehead atoms. The molecule has 0 saturated heterocycles. The van der Waals surface area contributed by atoms with E-state index in [0.29, 0.717) is 17.9 Å². The first-order valence-electron chi connectivity index (χ1n) is 10.8. The topological polar surface area (TPSA) is 29.4 Å². The second-order valence-corrected chi connectivity index (χ2v) is 9.79. The molecule has 0 amide bonds. The van der Waals surface area contributed by atoms with Crippen molar-refractivity contribution in [2.75, 3.05) is 6.54 Å². The SMILES string of the molecule is CCC(CN=O)(CC1C=CC1)CC12CCC(CC3=CCC3)CC1CC2. The summed E-state index contributed by atoms with van der Waals surface area (Å²) in [5.74, 6) is 2.58. The van der Waals surface area contributed by atoms with Gasteiger partial charge in [0.1, 0.15) is 0 Å². The normalized spacial score (nSPS) is 38.4. The van der Waals surface area contributed by atoms with Gasteiger partial charge < -0.3 is 0 Å². The molecule has 0 aromatic rings. The van der Waals surface area contributed by atoms with Gasteiger partial charge >= 0.3 is 0 Å². The van der Waals surface area contributed by atoms with E-state index in [1.54, 1.807) is 5.57 Å². The lowest BCUT2D eigenvalue weighted by Crippen LogP contribution is -2.49. The number of nitrogens with zero attached hydrogens (tertiary/aromatic N) is 1. The van der Waals surface area contributed by atoms with E-state index in [1.807, 2.05) is 0 Å². The average Bonchev–Trinajstić information content (AvgIpc) is 2.52. The van der Waals surface area contributed by atoms with Gasteiger partial charge in [-0.2, -0.15) is 4.91 Å². The Bertz CT molecular complexity index is 564. The van der Waals surface area contributed by atoms with Crippen LogP contribution in [0.25, 0.3) is 0 Å². The van der Waals surface area contributed by atoms with Gasteiger partial charge in [0.05, 0.1) is 6.54 Å². The maximum absolute atomic E-state index is 11.3. The largest absolute Gasteiger partial charge is 0.151 e. The summed E-state index contributed by atoms with van der Waals surface area (Å²) >= 11 is 0. The van der Waals surface area contributed by atoms with Crippen LogP contribution >= 0.6 is 0 Å². The van der Waals surface area contributed by atoms with Crippen LogP contribution in [0.1, 0.15) is 84.0 Å². The predicted octanol–water partition coefficient (Wildman–Crippen LogP) is 6.81. The van der Waals surface area contributed by atoms with Gasteiger partial charge in [0.2, 0.25) is 0 Å². The standard InChI is InChI=1S/C23H35NO/c1-2-22(17-24-25,15-19-7-4-8-19)16-23-11-9-20(13-18-5-3-6-18)14-21(23)10-12-23/h4-5,7,19-21H,2-3,6,8-17H2,1H3. The molecule has 5 atom stereocenters. The molecule has 0 radical (unpaired) electrons.